The lowest BCUT2D eigenvalue weighted by Gasteiger charge is -2.26. The number of esters is 1. The molecule has 0 atom stereocenters. The van der Waals surface area contributed by atoms with Crippen LogP contribution in [0.3, 0.4) is 0 Å². The lowest BCUT2D eigenvalue weighted by molar-refractivity contribution is -0.153. The van der Waals surface area contributed by atoms with Crippen molar-refractivity contribution >= 4 is 21.9 Å². The minimum Gasteiger partial charge on any atom is -0.456 e. The molecule has 2 rings (SSSR count). The molecule has 1 N–H and O–H groups in total. The van der Waals surface area contributed by atoms with Crippen LogP contribution >= 0.6 is 0 Å². The Morgan fingerprint density at radius 1 is 1.20 bits per heavy atom. The van der Waals surface area contributed by atoms with Crippen LogP contribution in [0.15, 0.2) is 29.2 Å². The summed E-state index contributed by atoms with van der Waals surface area (Å²) < 4.78 is 36.5. The van der Waals surface area contributed by atoms with Crippen molar-refractivity contribution in [3.05, 3.63) is 29.8 Å². The van der Waals surface area contributed by atoms with Gasteiger partial charge in [-0.05, 0) is 19.1 Å². The van der Waals surface area contributed by atoms with Gasteiger partial charge in [0.2, 0.25) is 10.0 Å². The van der Waals surface area contributed by atoms with Crippen molar-refractivity contribution in [1.29, 1.82) is 0 Å². The van der Waals surface area contributed by atoms with Crippen molar-refractivity contribution in [3.8, 4) is 0 Å². The van der Waals surface area contributed by atoms with E-state index in [4.69, 9.17) is 9.47 Å². The quantitative estimate of drug-likeness (QED) is 0.681. The Bertz CT molecular complexity index is 696. The van der Waals surface area contributed by atoms with Crippen LogP contribution in [0.2, 0.25) is 0 Å². The maximum Gasteiger partial charge on any atom is 0.307 e. The molecule has 25 heavy (non-hydrogen) atoms. The van der Waals surface area contributed by atoms with Crippen molar-refractivity contribution in [2.24, 2.45) is 0 Å². The largest absolute Gasteiger partial charge is 0.456 e. The topological polar surface area (TPSA) is 102 Å². The van der Waals surface area contributed by atoms with Crippen LogP contribution < -0.4 is 4.72 Å². The van der Waals surface area contributed by atoms with E-state index in [0.717, 1.165) is 5.56 Å². The van der Waals surface area contributed by atoms with Crippen molar-refractivity contribution in [1.82, 2.24) is 9.62 Å². The number of carbonyl (C=O) groups excluding carboxylic acids is 2. The molecule has 1 heterocycles. The molecule has 0 aromatic heterocycles. The third kappa shape index (κ3) is 6.11. The van der Waals surface area contributed by atoms with E-state index in [1.54, 1.807) is 17.0 Å². The first-order chi connectivity index (χ1) is 11.9. The summed E-state index contributed by atoms with van der Waals surface area (Å²) in [7, 11) is -3.67. The summed E-state index contributed by atoms with van der Waals surface area (Å²) in [4.78, 5) is 25.2. The van der Waals surface area contributed by atoms with E-state index in [9.17, 15) is 18.0 Å². The van der Waals surface area contributed by atoms with Crippen LogP contribution in [-0.4, -0.2) is 64.6 Å². The van der Waals surface area contributed by atoms with Gasteiger partial charge in [-0.3, -0.25) is 9.59 Å². The highest BCUT2D eigenvalue weighted by atomic mass is 32.2. The van der Waals surface area contributed by atoms with Crippen LogP contribution in [0.25, 0.3) is 0 Å². The predicted octanol–water partition coefficient (Wildman–Crippen LogP) is 0.0654. The molecule has 0 saturated carbocycles. The van der Waals surface area contributed by atoms with E-state index in [-0.39, 0.29) is 30.4 Å². The second-order valence-electron chi connectivity index (χ2n) is 5.61. The van der Waals surface area contributed by atoms with Crippen LogP contribution in [0.1, 0.15) is 12.0 Å². The predicted molar refractivity (Wildman–Crippen MR) is 89.3 cm³/mol. The van der Waals surface area contributed by atoms with E-state index in [1.807, 2.05) is 6.92 Å². The number of aryl methyl sites for hydroxylation is 1. The molecular weight excluding hydrogens is 348 g/mol. The third-order valence-corrected chi connectivity index (χ3v) is 5.15. The van der Waals surface area contributed by atoms with Gasteiger partial charge in [0.1, 0.15) is 0 Å². The first-order valence-electron chi connectivity index (χ1n) is 7.96. The maximum atomic E-state index is 12.1. The number of rotatable bonds is 7. The Kier molecular flexibility index (Phi) is 6.91. The summed E-state index contributed by atoms with van der Waals surface area (Å²) in [5.74, 6) is -0.912. The molecule has 0 aliphatic carbocycles. The lowest BCUT2D eigenvalue weighted by atomic mass is 10.2. The highest BCUT2D eigenvalue weighted by Crippen LogP contribution is 2.09. The normalized spacial score (nSPS) is 15.0. The molecule has 1 aliphatic rings. The van der Waals surface area contributed by atoms with Crippen molar-refractivity contribution in [2.75, 3.05) is 39.5 Å². The Morgan fingerprint density at radius 2 is 1.84 bits per heavy atom. The van der Waals surface area contributed by atoms with Crippen molar-refractivity contribution in [3.63, 3.8) is 0 Å². The van der Waals surface area contributed by atoms with Crippen LogP contribution in [-0.2, 0) is 29.1 Å². The highest BCUT2D eigenvalue weighted by Gasteiger charge is 2.19. The number of ether oxygens (including phenoxy) is 2. The van der Waals surface area contributed by atoms with Gasteiger partial charge in [-0.25, -0.2) is 13.1 Å². The summed E-state index contributed by atoms with van der Waals surface area (Å²) >= 11 is 0. The van der Waals surface area contributed by atoms with Gasteiger partial charge in [0.25, 0.3) is 5.91 Å². The molecule has 0 spiro atoms. The lowest BCUT2D eigenvalue weighted by Crippen LogP contribution is -2.42. The fourth-order valence-corrected chi connectivity index (χ4v) is 3.24. The maximum absolute atomic E-state index is 12.1. The molecule has 0 unspecified atom stereocenters. The van der Waals surface area contributed by atoms with Crippen molar-refractivity contribution in [2.45, 2.75) is 18.2 Å². The zero-order valence-corrected chi connectivity index (χ0v) is 14.9. The van der Waals surface area contributed by atoms with Gasteiger partial charge in [0, 0.05) is 19.6 Å². The standard InChI is InChI=1S/C16H22N2O6S/c1-13-2-4-14(5-3-13)25(21,22)17-7-6-16(20)24-12-15(19)18-8-10-23-11-9-18/h2-5,17H,6-12H2,1H3. The molecule has 1 saturated heterocycles. The summed E-state index contributed by atoms with van der Waals surface area (Å²) in [6, 6.07) is 6.38. The molecule has 0 bridgehead atoms. The number of hydrogen-bond donors (Lipinski definition) is 1. The summed E-state index contributed by atoms with van der Waals surface area (Å²) in [6.07, 6.45) is -0.151. The fourth-order valence-electron chi connectivity index (χ4n) is 2.21. The third-order valence-electron chi connectivity index (χ3n) is 3.67. The van der Waals surface area contributed by atoms with E-state index >= 15 is 0 Å². The first kappa shape index (κ1) is 19.4. The number of carbonyl (C=O) groups is 2. The Labute approximate surface area is 147 Å². The Balaban J connectivity index is 1.71. The molecule has 9 heteroatoms. The van der Waals surface area contributed by atoms with E-state index in [2.05, 4.69) is 4.72 Å². The van der Waals surface area contributed by atoms with Gasteiger partial charge in [-0.2, -0.15) is 0 Å². The Hall–Kier alpha value is -1.97. The minimum absolute atomic E-state index is 0.0964. The SMILES string of the molecule is Cc1ccc(S(=O)(=O)NCCC(=O)OCC(=O)N2CCOCC2)cc1. The summed E-state index contributed by atoms with van der Waals surface area (Å²) in [6.45, 7) is 3.32. The molecule has 1 amide bonds. The second kappa shape index (κ2) is 8.93. The average Bonchev–Trinajstić information content (AvgIpc) is 2.60. The van der Waals surface area contributed by atoms with Crippen molar-refractivity contribution < 1.29 is 27.5 Å². The molecule has 1 aromatic rings. The zero-order valence-electron chi connectivity index (χ0n) is 14.1. The minimum atomic E-state index is -3.67. The smallest absolute Gasteiger partial charge is 0.307 e. The molecule has 8 nitrogen and oxygen atoms in total. The first-order valence-corrected chi connectivity index (χ1v) is 9.44. The number of morpholine rings is 1. The zero-order chi connectivity index (χ0) is 18.3. The summed E-state index contributed by atoms with van der Waals surface area (Å²) in [5, 5.41) is 0. The van der Waals surface area contributed by atoms with E-state index < -0.39 is 16.0 Å². The highest BCUT2D eigenvalue weighted by molar-refractivity contribution is 7.89. The number of benzene rings is 1. The fraction of sp³-hybridized carbons (Fsp3) is 0.500. The van der Waals surface area contributed by atoms with Gasteiger partial charge in [-0.1, -0.05) is 17.7 Å². The molecule has 0 radical (unpaired) electrons. The molecule has 1 aliphatic heterocycles. The van der Waals surface area contributed by atoms with Crippen LogP contribution in [0.5, 0.6) is 0 Å². The number of sulfonamides is 1. The summed E-state index contributed by atoms with van der Waals surface area (Å²) in [5.41, 5.74) is 0.951. The molecule has 1 fully saturated rings. The number of hydrogen-bond acceptors (Lipinski definition) is 6. The van der Waals surface area contributed by atoms with Gasteiger partial charge < -0.3 is 14.4 Å². The molecule has 1 aromatic carbocycles. The van der Waals surface area contributed by atoms with Gasteiger partial charge in [-0.15, -0.1) is 0 Å². The van der Waals surface area contributed by atoms with Crippen LogP contribution in [0.4, 0.5) is 0 Å². The molecular formula is C16H22N2O6S. The van der Waals surface area contributed by atoms with Gasteiger partial charge >= 0.3 is 5.97 Å². The number of amides is 1. The average molecular weight is 370 g/mol. The Morgan fingerprint density at radius 3 is 2.48 bits per heavy atom. The number of nitrogens with one attached hydrogen (secondary N) is 1. The van der Waals surface area contributed by atoms with E-state index in [1.165, 1.54) is 12.1 Å². The van der Waals surface area contributed by atoms with Gasteiger partial charge in [0.15, 0.2) is 6.61 Å². The second-order valence-corrected chi connectivity index (χ2v) is 7.38. The molecule has 138 valence electrons. The van der Waals surface area contributed by atoms with E-state index in [0.29, 0.717) is 26.3 Å². The monoisotopic (exact) mass is 370 g/mol. The number of nitrogens with zero attached hydrogens (tertiary/aromatic N) is 1. The van der Waals surface area contributed by atoms with Crippen LogP contribution in [0, 0.1) is 6.92 Å². The van der Waals surface area contributed by atoms with Gasteiger partial charge in [0.05, 0.1) is 24.5 Å².